The lowest BCUT2D eigenvalue weighted by atomic mass is 9.80. The molecule has 16 heavy (non-hydrogen) atoms. The van der Waals surface area contributed by atoms with Crippen LogP contribution in [0.5, 0.6) is 0 Å². The van der Waals surface area contributed by atoms with Crippen LogP contribution in [-0.2, 0) is 14.3 Å². The van der Waals surface area contributed by atoms with E-state index in [2.05, 4.69) is 10.6 Å². The number of methoxy groups -OCH3 is 1. The van der Waals surface area contributed by atoms with Crippen LogP contribution in [-0.4, -0.2) is 51.0 Å². The summed E-state index contributed by atoms with van der Waals surface area (Å²) in [6.07, 6.45) is 2.91. The van der Waals surface area contributed by atoms with Gasteiger partial charge in [0.2, 0.25) is 0 Å². The third-order valence-corrected chi connectivity index (χ3v) is 3.50. The van der Waals surface area contributed by atoms with Crippen LogP contribution in [0.1, 0.15) is 19.3 Å². The van der Waals surface area contributed by atoms with Gasteiger partial charge in [0, 0.05) is 26.7 Å². The van der Waals surface area contributed by atoms with Gasteiger partial charge in [-0.1, -0.05) is 0 Å². The van der Waals surface area contributed by atoms with Gasteiger partial charge in [-0.25, -0.2) is 0 Å². The lowest BCUT2D eigenvalue weighted by molar-refractivity contribution is -0.137. The molecule has 1 amide bonds. The van der Waals surface area contributed by atoms with Crippen LogP contribution in [0.4, 0.5) is 0 Å². The maximum Gasteiger partial charge on any atom is 0.250 e. The van der Waals surface area contributed by atoms with E-state index >= 15 is 0 Å². The van der Waals surface area contributed by atoms with Gasteiger partial charge in [-0.05, 0) is 19.3 Å². The third kappa shape index (κ3) is 2.53. The van der Waals surface area contributed by atoms with Crippen LogP contribution < -0.4 is 10.6 Å². The van der Waals surface area contributed by atoms with Crippen LogP contribution in [0.15, 0.2) is 0 Å². The fourth-order valence-corrected chi connectivity index (χ4v) is 2.12. The van der Waals surface area contributed by atoms with E-state index in [-0.39, 0.29) is 17.6 Å². The van der Waals surface area contributed by atoms with Crippen molar-refractivity contribution >= 4 is 5.91 Å². The van der Waals surface area contributed by atoms with Crippen molar-refractivity contribution in [1.82, 2.24) is 10.6 Å². The molecule has 1 aliphatic heterocycles. The molecule has 1 saturated heterocycles. The van der Waals surface area contributed by atoms with Crippen molar-refractivity contribution in [3.05, 3.63) is 0 Å². The van der Waals surface area contributed by atoms with Crippen molar-refractivity contribution < 1.29 is 14.3 Å². The van der Waals surface area contributed by atoms with Crippen LogP contribution in [0.3, 0.4) is 0 Å². The Morgan fingerprint density at radius 3 is 2.94 bits per heavy atom. The van der Waals surface area contributed by atoms with Crippen molar-refractivity contribution in [2.45, 2.75) is 31.0 Å². The van der Waals surface area contributed by atoms with E-state index in [4.69, 9.17) is 9.47 Å². The second-order valence-electron chi connectivity index (χ2n) is 4.52. The Morgan fingerprint density at radius 2 is 2.44 bits per heavy atom. The monoisotopic (exact) mass is 228 g/mol. The summed E-state index contributed by atoms with van der Waals surface area (Å²) in [5.74, 6) is -0.0319. The minimum absolute atomic E-state index is 0.0319. The molecule has 92 valence electrons. The van der Waals surface area contributed by atoms with Crippen LogP contribution in [0, 0.1) is 0 Å². The highest BCUT2D eigenvalue weighted by Crippen LogP contribution is 2.34. The van der Waals surface area contributed by atoms with Gasteiger partial charge in [-0.15, -0.1) is 0 Å². The Balaban J connectivity index is 1.74. The highest BCUT2D eigenvalue weighted by molar-refractivity contribution is 5.81. The first-order valence-electron chi connectivity index (χ1n) is 5.91. The van der Waals surface area contributed by atoms with Crippen LogP contribution in [0.25, 0.3) is 0 Å². The second kappa shape index (κ2) is 5.12. The van der Waals surface area contributed by atoms with Crippen molar-refractivity contribution in [1.29, 1.82) is 0 Å². The molecule has 2 aliphatic rings. The molecule has 0 radical (unpaired) electrons. The largest absolute Gasteiger partial charge is 0.376 e. The molecule has 5 nitrogen and oxygen atoms in total. The molecule has 1 unspecified atom stereocenters. The predicted octanol–water partition coefficient (Wildman–Crippen LogP) is -0.340. The number of carbonyl (C=O) groups excluding carboxylic acids is 1. The maximum atomic E-state index is 11.8. The van der Waals surface area contributed by atoms with Crippen LogP contribution in [0.2, 0.25) is 0 Å². The third-order valence-electron chi connectivity index (χ3n) is 3.50. The van der Waals surface area contributed by atoms with E-state index in [1.807, 2.05) is 0 Å². The standard InChI is InChI=1S/C11H20N2O3/c1-15-11(3-2-4-11)8-13-10(14)9-7-12-5-6-16-9/h9,12H,2-8H2,1H3,(H,13,14). The Labute approximate surface area is 95.9 Å². The average molecular weight is 228 g/mol. The zero-order valence-electron chi connectivity index (χ0n) is 9.75. The van der Waals surface area contributed by atoms with Gasteiger partial charge in [-0.3, -0.25) is 4.79 Å². The van der Waals surface area contributed by atoms with E-state index in [0.717, 1.165) is 19.4 Å². The van der Waals surface area contributed by atoms with Gasteiger partial charge < -0.3 is 20.1 Å². The first kappa shape index (κ1) is 11.8. The van der Waals surface area contributed by atoms with Crippen molar-refractivity contribution in [2.75, 3.05) is 33.4 Å². The Hall–Kier alpha value is -0.650. The number of hydrogen-bond acceptors (Lipinski definition) is 4. The minimum atomic E-state index is -0.345. The summed E-state index contributed by atoms with van der Waals surface area (Å²) in [7, 11) is 1.71. The number of nitrogens with one attached hydrogen (secondary N) is 2. The summed E-state index contributed by atoms with van der Waals surface area (Å²) >= 11 is 0. The summed E-state index contributed by atoms with van der Waals surface area (Å²) in [5.41, 5.74) is -0.113. The topological polar surface area (TPSA) is 59.6 Å². The fraction of sp³-hybridized carbons (Fsp3) is 0.909. The number of morpholine rings is 1. The molecule has 0 aromatic rings. The number of rotatable bonds is 4. The zero-order valence-corrected chi connectivity index (χ0v) is 9.75. The minimum Gasteiger partial charge on any atom is -0.376 e. The summed E-state index contributed by atoms with van der Waals surface area (Å²) in [4.78, 5) is 11.8. The molecule has 2 fully saturated rings. The highest BCUT2D eigenvalue weighted by Gasteiger charge is 2.37. The first-order chi connectivity index (χ1) is 7.76. The van der Waals surface area contributed by atoms with Gasteiger partial charge in [-0.2, -0.15) is 0 Å². The van der Waals surface area contributed by atoms with E-state index in [9.17, 15) is 4.79 Å². The lowest BCUT2D eigenvalue weighted by Gasteiger charge is -2.40. The SMILES string of the molecule is COC1(CNC(=O)C2CNCCO2)CCC1. The molecule has 0 spiro atoms. The van der Waals surface area contributed by atoms with Crippen molar-refractivity contribution in [2.24, 2.45) is 0 Å². The van der Waals surface area contributed by atoms with E-state index in [1.54, 1.807) is 7.11 Å². The number of amides is 1. The van der Waals surface area contributed by atoms with Crippen LogP contribution >= 0.6 is 0 Å². The molecular formula is C11H20N2O3. The molecule has 0 bridgehead atoms. The molecule has 1 heterocycles. The number of hydrogen-bond donors (Lipinski definition) is 2. The predicted molar refractivity (Wildman–Crippen MR) is 59.2 cm³/mol. The summed E-state index contributed by atoms with van der Waals surface area (Å²) in [6, 6.07) is 0. The quantitative estimate of drug-likeness (QED) is 0.691. The smallest absolute Gasteiger partial charge is 0.250 e. The molecule has 1 aliphatic carbocycles. The zero-order chi connectivity index (χ0) is 11.4. The van der Waals surface area contributed by atoms with E-state index in [0.29, 0.717) is 19.7 Å². The van der Waals surface area contributed by atoms with Gasteiger partial charge in [0.05, 0.1) is 12.2 Å². The Kier molecular flexibility index (Phi) is 3.78. The lowest BCUT2D eigenvalue weighted by Crippen LogP contribution is -2.54. The molecule has 2 N–H and O–H groups in total. The molecule has 2 rings (SSSR count). The van der Waals surface area contributed by atoms with Crippen molar-refractivity contribution in [3.63, 3.8) is 0 Å². The second-order valence-corrected chi connectivity index (χ2v) is 4.52. The summed E-state index contributed by atoms with van der Waals surface area (Å²) in [5, 5.41) is 6.05. The normalized spacial score (nSPS) is 28.2. The molecule has 1 atom stereocenters. The summed E-state index contributed by atoms with van der Waals surface area (Å²) in [6.45, 7) is 2.63. The Bertz CT molecular complexity index is 242. The maximum absolute atomic E-state index is 11.8. The molecule has 0 aromatic carbocycles. The average Bonchev–Trinajstić information content (AvgIpc) is 2.29. The molecule has 5 heteroatoms. The molecular weight excluding hydrogens is 208 g/mol. The van der Waals surface area contributed by atoms with Gasteiger partial charge in [0.15, 0.2) is 0 Å². The molecule has 0 aromatic heterocycles. The van der Waals surface area contributed by atoms with Gasteiger partial charge >= 0.3 is 0 Å². The van der Waals surface area contributed by atoms with Gasteiger partial charge in [0.1, 0.15) is 6.10 Å². The molecule has 1 saturated carbocycles. The van der Waals surface area contributed by atoms with Crippen molar-refractivity contribution in [3.8, 4) is 0 Å². The van der Waals surface area contributed by atoms with E-state index in [1.165, 1.54) is 6.42 Å². The number of carbonyl (C=O) groups is 1. The van der Waals surface area contributed by atoms with E-state index < -0.39 is 0 Å². The van der Waals surface area contributed by atoms with Gasteiger partial charge in [0.25, 0.3) is 5.91 Å². The fourth-order valence-electron chi connectivity index (χ4n) is 2.12. The number of ether oxygens (including phenoxy) is 2. The first-order valence-corrected chi connectivity index (χ1v) is 5.91. The summed E-state index contributed by atoms with van der Waals surface area (Å²) < 4.78 is 10.8. The highest BCUT2D eigenvalue weighted by atomic mass is 16.5. The Morgan fingerprint density at radius 1 is 1.62 bits per heavy atom.